The van der Waals surface area contributed by atoms with Gasteiger partial charge in [-0.2, -0.15) is 13.2 Å². The highest BCUT2D eigenvalue weighted by Crippen LogP contribution is 2.41. The van der Waals surface area contributed by atoms with Crippen LogP contribution in [0.25, 0.3) is 10.8 Å². The summed E-state index contributed by atoms with van der Waals surface area (Å²) >= 11 is 0. The van der Waals surface area contributed by atoms with E-state index in [1.165, 1.54) is 37.1 Å². The lowest BCUT2D eigenvalue weighted by atomic mass is 10.00. The molecule has 18 heteroatoms. The van der Waals surface area contributed by atoms with Crippen molar-refractivity contribution < 1.29 is 54.7 Å². The first-order chi connectivity index (χ1) is 25.6. The lowest BCUT2D eigenvalue weighted by molar-refractivity contribution is -0.200. The van der Waals surface area contributed by atoms with E-state index in [2.05, 4.69) is 15.1 Å². The molecule has 288 valence electrons. The van der Waals surface area contributed by atoms with Crippen molar-refractivity contribution in [1.82, 2.24) is 9.88 Å². The van der Waals surface area contributed by atoms with E-state index >= 15 is 4.39 Å². The number of likely N-dealkylation sites (tertiary alicyclic amines) is 1. The molecule has 0 bridgehead atoms. The Balaban J connectivity index is 1.63. The van der Waals surface area contributed by atoms with Gasteiger partial charge in [-0.15, -0.1) is 5.06 Å². The molecule has 0 saturated carbocycles. The largest absolute Gasteiger partial charge is 0.494 e. The van der Waals surface area contributed by atoms with Crippen molar-refractivity contribution in [2.45, 2.75) is 56.8 Å². The van der Waals surface area contributed by atoms with Gasteiger partial charge in [0.1, 0.15) is 23.4 Å². The van der Waals surface area contributed by atoms with Crippen LogP contribution in [0.3, 0.4) is 0 Å². The third-order valence-electron chi connectivity index (χ3n) is 8.62. The molecule has 1 fully saturated rings. The number of pyridine rings is 1. The lowest BCUT2D eigenvalue weighted by Gasteiger charge is -2.32. The topological polar surface area (TPSA) is 170 Å². The number of carbonyl (C=O) groups excluding carboxylic acids is 3. The highest BCUT2D eigenvalue weighted by atomic mass is 32.2. The van der Waals surface area contributed by atoms with Crippen LogP contribution >= 0.6 is 0 Å². The predicted molar refractivity (Wildman–Crippen MR) is 190 cm³/mol. The predicted octanol–water partition coefficient (Wildman–Crippen LogP) is 6.65. The summed E-state index contributed by atoms with van der Waals surface area (Å²) in [6.07, 6.45) is -4.98. The van der Waals surface area contributed by atoms with Crippen molar-refractivity contribution in [3.8, 4) is 5.75 Å². The third-order valence-corrected chi connectivity index (χ3v) is 10.4. The van der Waals surface area contributed by atoms with Crippen molar-refractivity contribution >= 4 is 55.8 Å². The van der Waals surface area contributed by atoms with E-state index in [4.69, 9.17) is 15.2 Å². The molecule has 3 aromatic carbocycles. The minimum Gasteiger partial charge on any atom is -0.494 e. The van der Waals surface area contributed by atoms with Gasteiger partial charge < -0.3 is 30.3 Å². The van der Waals surface area contributed by atoms with E-state index in [9.17, 15) is 36.0 Å². The van der Waals surface area contributed by atoms with Crippen molar-refractivity contribution in [3.05, 3.63) is 83.8 Å². The van der Waals surface area contributed by atoms with Gasteiger partial charge in [0.2, 0.25) is 5.91 Å². The summed E-state index contributed by atoms with van der Waals surface area (Å²) in [5.41, 5.74) is 5.77. The normalized spacial score (nSPS) is 15.1. The molecule has 54 heavy (non-hydrogen) atoms. The molecule has 5 rings (SSSR count). The Bertz CT molecular complexity index is 2170. The zero-order chi connectivity index (χ0) is 39.4. The van der Waals surface area contributed by atoms with Crippen LogP contribution in [0.15, 0.2) is 71.8 Å². The number of alkyl halides is 3. The summed E-state index contributed by atoms with van der Waals surface area (Å²) in [7, 11) is -4.07. The zero-order valence-electron chi connectivity index (χ0n) is 29.4. The Morgan fingerprint density at radius 1 is 1.04 bits per heavy atom. The summed E-state index contributed by atoms with van der Waals surface area (Å²) < 4.78 is 92.7. The number of benzene rings is 3. The number of nitrogens with zero attached hydrogens (tertiary/aromatic N) is 3. The summed E-state index contributed by atoms with van der Waals surface area (Å²) in [6, 6.07) is 11.3. The van der Waals surface area contributed by atoms with Gasteiger partial charge in [0.05, 0.1) is 35.6 Å². The number of ether oxygens (including phenoxy) is 2. The van der Waals surface area contributed by atoms with E-state index in [0.29, 0.717) is 22.9 Å². The number of nitrogens with two attached hydrogens (primary N) is 1. The molecule has 0 spiro atoms. The summed E-state index contributed by atoms with van der Waals surface area (Å²) in [6.45, 7) is 4.48. The first-order valence-corrected chi connectivity index (χ1v) is 18.5. The van der Waals surface area contributed by atoms with Gasteiger partial charge in [0.25, 0.3) is 0 Å². The number of fused-ring (bicyclic) bond motifs is 1. The SMILES string of the molecule is CCOC(=O)N(OC(=O)C(F)(F)F)c1ccc(S(=O)(=O)CC)c([C@H]2CCCN2C(=O)[C@H](Nc2ccc3c(N)nccc3c2)c2cc(OCC)ccc2F)c1. The maximum absolute atomic E-state index is 15.7. The van der Waals surface area contributed by atoms with E-state index in [1.807, 2.05) is 0 Å². The Labute approximate surface area is 307 Å². The number of hydroxylamine groups is 1. The fraction of sp³-hybridized carbons (Fsp3) is 0.333. The van der Waals surface area contributed by atoms with Gasteiger partial charge in [-0.05, 0) is 98.3 Å². The number of halogens is 4. The molecule has 3 N–H and O–H groups in total. The fourth-order valence-corrected chi connectivity index (χ4v) is 7.26. The number of amides is 2. The highest BCUT2D eigenvalue weighted by Gasteiger charge is 2.45. The molecule has 0 unspecified atom stereocenters. The van der Waals surface area contributed by atoms with Gasteiger partial charge >= 0.3 is 18.2 Å². The number of sulfone groups is 1. The van der Waals surface area contributed by atoms with Crippen LogP contribution in [0.5, 0.6) is 5.75 Å². The molecule has 2 atom stereocenters. The fourth-order valence-electron chi connectivity index (χ4n) is 6.12. The average molecular weight is 776 g/mol. The monoisotopic (exact) mass is 775 g/mol. The number of hydrogen-bond donors (Lipinski definition) is 2. The van der Waals surface area contributed by atoms with Crippen LogP contribution in [-0.4, -0.2) is 68.0 Å². The molecule has 2 heterocycles. The smallest absolute Gasteiger partial charge is 0.493 e. The van der Waals surface area contributed by atoms with Crippen LogP contribution < -0.4 is 20.9 Å². The van der Waals surface area contributed by atoms with E-state index in [-0.39, 0.29) is 58.8 Å². The summed E-state index contributed by atoms with van der Waals surface area (Å²) in [5.74, 6) is -4.01. The second-order valence-electron chi connectivity index (χ2n) is 12.0. The molecule has 13 nitrogen and oxygen atoms in total. The highest BCUT2D eigenvalue weighted by molar-refractivity contribution is 7.91. The quantitative estimate of drug-likeness (QED) is 0.124. The Morgan fingerprint density at radius 3 is 2.48 bits per heavy atom. The van der Waals surface area contributed by atoms with Crippen LogP contribution in [0.1, 0.15) is 56.8 Å². The molecular formula is C36H37F4N5O8S. The first kappa shape index (κ1) is 39.6. The lowest BCUT2D eigenvalue weighted by Crippen LogP contribution is -2.40. The average Bonchev–Trinajstić information content (AvgIpc) is 3.63. The summed E-state index contributed by atoms with van der Waals surface area (Å²) in [4.78, 5) is 48.9. The molecule has 0 radical (unpaired) electrons. The van der Waals surface area contributed by atoms with Crippen molar-refractivity contribution in [2.24, 2.45) is 0 Å². The number of rotatable bonds is 11. The van der Waals surface area contributed by atoms with Gasteiger partial charge in [-0.25, -0.2) is 27.4 Å². The van der Waals surface area contributed by atoms with Crippen molar-refractivity contribution in [2.75, 3.05) is 41.6 Å². The molecule has 0 aliphatic carbocycles. The van der Waals surface area contributed by atoms with Crippen LogP contribution in [0, 0.1) is 5.82 Å². The number of anilines is 3. The number of nitrogens with one attached hydrogen (secondary N) is 1. The summed E-state index contributed by atoms with van der Waals surface area (Å²) in [5, 5.41) is 4.39. The second-order valence-corrected chi connectivity index (χ2v) is 14.3. The molecule has 4 aromatic rings. The maximum atomic E-state index is 15.7. The molecule has 2 amide bonds. The minimum absolute atomic E-state index is 0.0345. The standard InChI is InChI=1S/C36H37F4N5O8S/c1-4-51-24-11-13-28(37)26(20-24)31(43-22-9-12-25-21(18-22)15-16-42-32(25)41)33(46)44-17-7-8-29(44)27-19-23(10-14-30(27)54(49,50)6-3)45(35(48)52-5-2)53-34(47)36(38,39)40/h9-16,18-20,29,31,43H,4-8,17H2,1-3H3,(H2,41,42)/t29-,31-/m1/s1. The minimum atomic E-state index is -5.50. The van der Waals surface area contributed by atoms with E-state index in [0.717, 1.165) is 24.3 Å². The molecule has 1 aliphatic heterocycles. The Kier molecular flexibility index (Phi) is 11.8. The van der Waals surface area contributed by atoms with Crippen molar-refractivity contribution in [3.63, 3.8) is 0 Å². The number of hydrogen-bond acceptors (Lipinski definition) is 11. The maximum Gasteiger partial charge on any atom is 0.493 e. The zero-order valence-corrected chi connectivity index (χ0v) is 30.2. The third kappa shape index (κ3) is 8.43. The van der Waals surface area contributed by atoms with Crippen LogP contribution in [-0.2, 0) is 29.0 Å². The second kappa shape index (κ2) is 16.2. The Morgan fingerprint density at radius 2 is 1.80 bits per heavy atom. The van der Waals surface area contributed by atoms with Gasteiger partial charge in [-0.1, -0.05) is 6.92 Å². The van der Waals surface area contributed by atoms with Crippen LogP contribution in [0.2, 0.25) is 0 Å². The molecule has 1 saturated heterocycles. The first-order valence-electron chi connectivity index (χ1n) is 16.9. The van der Waals surface area contributed by atoms with Crippen LogP contribution in [0.4, 0.5) is 39.5 Å². The van der Waals surface area contributed by atoms with Gasteiger partial charge in [0, 0.05) is 29.4 Å². The number of carbonyl (C=O) groups is 3. The van der Waals surface area contributed by atoms with Gasteiger partial charge in [-0.3, -0.25) is 4.79 Å². The van der Waals surface area contributed by atoms with Crippen molar-refractivity contribution in [1.29, 1.82) is 0 Å². The number of nitrogen functional groups attached to an aromatic ring is 1. The molecule has 1 aromatic heterocycles. The molecular weight excluding hydrogens is 738 g/mol. The van der Waals surface area contributed by atoms with Gasteiger partial charge in [0.15, 0.2) is 9.84 Å². The Hall–Kier alpha value is -5.65. The van der Waals surface area contributed by atoms with E-state index < -0.39 is 63.3 Å². The van der Waals surface area contributed by atoms with E-state index in [1.54, 1.807) is 31.2 Å². The number of aromatic nitrogens is 1. The molecule has 1 aliphatic rings.